The van der Waals surface area contributed by atoms with Gasteiger partial charge >= 0.3 is 0 Å². The van der Waals surface area contributed by atoms with Gasteiger partial charge in [-0.15, -0.1) is 0 Å². The fourth-order valence-electron chi connectivity index (χ4n) is 2.87. The van der Waals surface area contributed by atoms with Crippen LogP contribution in [-0.4, -0.2) is 6.54 Å². The van der Waals surface area contributed by atoms with Crippen molar-refractivity contribution in [1.29, 1.82) is 0 Å². The zero-order valence-corrected chi connectivity index (χ0v) is 13.2. The van der Waals surface area contributed by atoms with Gasteiger partial charge in [-0.2, -0.15) is 0 Å². The maximum atomic E-state index is 14.0. The Morgan fingerprint density at radius 3 is 2.43 bits per heavy atom. The van der Waals surface area contributed by atoms with Crippen LogP contribution in [0.2, 0.25) is 0 Å². The molecule has 0 amide bonds. The first-order valence-corrected chi connectivity index (χ1v) is 8.18. The lowest BCUT2D eigenvalue weighted by Crippen LogP contribution is -2.22. The number of fused-ring (bicyclic) bond motifs is 1. The predicted octanol–water partition coefficient (Wildman–Crippen LogP) is 5.60. The molecule has 2 aromatic rings. The minimum atomic E-state index is -0.128. The summed E-state index contributed by atoms with van der Waals surface area (Å²) >= 11 is 0. The Bertz CT molecular complexity index is 564. The maximum Gasteiger partial charge on any atom is 0.131 e. The third-order valence-electron chi connectivity index (χ3n) is 4.02. The summed E-state index contributed by atoms with van der Waals surface area (Å²) in [7, 11) is 0. The second-order valence-electron chi connectivity index (χ2n) is 5.68. The standard InChI is InChI=1S/C19H26FN/c1-3-5-6-11-19(21-14-4-2)17-12-13-18(20)16-10-8-7-9-15(16)17/h7-10,12-13,19,21H,3-6,11,14H2,1-2H3. The number of halogens is 1. The molecule has 1 atom stereocenters. The molecule has 2 heteroatoms. The Balaban J connectivity index is 2.32. The number of hydrogen-bond acceptors (Lipinski definition) is 1. The van der Waals surface area contributed by atoms with E-state index in [0.717, 1.165) is 30.2 Å². The second kappa shape index (κ2) is 8.14. The van der Waals surface area contributed by atoms with Crippen LogP contribution in [0.25, 0.3) is 10.8 Å². The molecule has 1 nitrogen and oxygen atoms in total. The number of nitrogens with one attached hydrogen (secondary N) is 1. The minimum absolute atomic E-state index is 0.128. The van der Waals surface area contributed by atoms with E-state index in [1.165, 1.54) is 24.8 Å². The zero-order chi connectivity index (χ0) is 15.1. The van der Waals surface area contributed by atoms with Crippen LogP contribution in [-0.2, 0) is 0 Å². The van der Waals surface area contributed by atoms with Crippen molar-refractivity contribution in [3.8, 4) is 0 Å². The third kappa shape index (κ3) is 4.04. The van der Waals surface area contributed by atoms with Gasteiger partial charge in [0.05, 0.1) is 0 Å². The van der Waals surface area contributed by atoms with E-state index >= 15 is 0 Å². The third-order valence-corrected chi connectivity index (χ3v) is 4.02. The van der Waals surface area contributed by atoms with Gasteiger partial charge in [-0.25, -0.2) is 4.39 Å². The van der Waals surface area contributed by atoms with Gasteiger partial charge in [-0.3, -0.25) is 0 Å². The summed E-state index contributed by atoms with van der Waals surface area (Å²) < 4.78 is 14.0. The molecule has 1 N–H and O–H groups in total. The van der Waals surface area contributed by atoms with Crippen LogP contribution < -0.4 is 5.32 Å². The first-order chi connectivity index (χ1) is 10.3. The normalized spacial score (nSPS) is 12.7. The number of unbranched alkanes of at least 4 members (excludes halogenated alkanes) is 2. The molecule has 0 spiro atoms. The average molecular weight is 287 g/mol. The Labute approximate surface area is 127 Å². The Morgan fingerprint density at radius 2 is 1.71 bits per heavy atom. The van der Waals surface area contributed by atoms with Crippen molar-refractivity contribution in [1.82, 2.24) is 5.32 Å². The van der Waals surface area contributed by atoms with Crippen LogP contribution in [0.5, 0.6) is 0 Å². The van der Waals surface area contributed by atoms with E-state index < -0.39 is 0 Å². The first kappa shape index (κ1) is 16.0. The second-order valence-corrected chi connectivity index (χ2v) is 5.68. The van der Waals surface area contributed by atoms with E-state index in [1.54, 1.807) is 6.07 Å². The smallest absolute Gasteiger partial charge is 0.131 e. The van der Waals surface area contributed by atoms with Gasteiger partial charge in [-0.1, -0.05) is 63.4 Å². The van der Waals surface area contributed by atoms with E-state index in [2.05, 4.69) is 19.2 Å². The van der Waals surface area contributed by atoms with Crippen LogP contribution in [0.1, 0.15) is 57.6 Å². The molecule has 2 aromatic carbocycles. The van der Waals surface area contributed by atoms with Gasteiger partial charge in [-0.05, 0) is 36.4 Å². The fraction of sp³-hybridized carbons (Fsp3) is 0.474. The summed E-state index contributed by atoms with van der Waals surface area (Å²) in [6, 6.07) is 11.7. The molecule has 0 aliphatic carbocycles. The van der Waals surface area contributed by atoms with E-state index in [4.69, 9.17) is 0 Å². The van der Waals surface area contributed by atoms with Crippen LogP contribution in [0.4, 0.5) is 4.39 Å². The molecule has 0 aliphatic heterocycles. The number of hydrogen-bond donors (Lipinski definition) is 1. The van der Waals surface area contributed by atoms with Crippen molar-refractivity contribution >= 4 is 10.8 Å². The molecule has 0 aliphatic rings. The number of rotatable bonds is 8. The largest absolute Gasteiger partial charge is 0.310 e. The lowest BCUT2D eigenvalue weighted by molar-refractivity contribution is 0.476. The molecular formula is C19H26FN. The molecule has 0 heterocycles. The van der Waals surface area contributed by atoms with Gasteiger partial charge < -0.3 is 5.32 Å². The molecule has 1 unspecified atom stereocenters. The highest BCUT2D eigenvalue weighted by atomic mass is 19.1. The highest BCUT2D eigenvalue weighted by Crippen LogP contribution is 2.29. The Morgan fingerprint density at radius 1 is 0.952 bits per heavy atom. The maximum absolute atomic E-state index is 14.0. The Hall–Kier alpha value is -1.41. The molecule has 0 aromatic heterocycles. The molecule has 114 valence electrons. The lowest BCUT2D eigenvalue weighted by atomic mass is 9.94. The van der Waals surface area contributed by atoms with Crippen molar-refractivity contribution in [3.05, 3.63) is 47.8 Å². The van der Waals surface area contributed by atoms with E-state index in [9.17, 15) is 4.39 Å². The van der Waals surface area contributed by atoms with Gasteiger partial charge in [0, 0.05) is 11.4 Å². The zero-order valence-electron chi connectivity index (χ0n) is 13.2. The van der Waals surface area contributed by atoms with Crippen molar-refractivity contribution in [2.45, 2.75) is 52.0 Å². The molecular weight excluding hydrogens is 261 g/mol. The molecule has 0 saturated heterocycles. The fourth-order valence-corrected chi connectivity index (χ4v) is 2.87. The minimum Gasteiger partial charge on any atom is -0.310 e. The van der Waals surface area contributed by atoms with Crippen molar-refractivity contribution in [3.63, 3.8) is 0 Å². The SMILES string of the molecule is CCCCCC(NCCC)c1ccc(F)c2ccccc12. The summed E-state index contributed by atoms with van der Waals surface area (Å²) in [4.78, 5) is 0. The van der Waals surface area contributed by atoms with E-state index in [1.807, 2.05) is 30.3 Å². The quantitative estimate of drug-likeness (QED) is 0.623. The molecule has 21 heavy (non-hydrogen) atoms. The van der Waals surface area contributed by atoms with Crippen molar-refractivity contribution < 1.29 is 4.39 Å². The van der Waals surface area contributed by atoms with Crippen LogP contribution in [0, 0.1) is 5.82 Å². The summed E-state index contributed by atoms with van der Waals surface area (Å²) in [5.41, 5.74) is 1.23. The van der Waals surface area contributed by atoms with E-state index in [-0.39, 0.29) is 5.82 Å². The topological polar surface area (TPSA) is 12.0 Å². The first-order valence-electron chi connectivity index (χ1n) is 8.18. The van der Waals surface area contributed by atoms with E-state index in [0.29, 0.717) is 6.04 Å². The molecule has 0 fully saturated rings. The van der Waals surface area contributed by atoms with Crippen LogP contribution >= 0.6 is 0 Å². The summed E-state index contributed by atoms with van der Waals surface area (Å²) in [6.07, 6.45) is 5.92. The average Bonchev–Trinajstić information content (AvgIpc) is 2.52. The van der Waals surface area contributed by atoms with Gasteiger partial charge in [0.2, 0.25) is 0 Å². The summed E-state index contributed by atoms with van der Waals surface area (Å²) in [6.45, 7) is 5.41. The van der Waals surface area contributed by atoms with Gasteiger partial charge in [0.1, 0.15) is 5.82 Å². The lowest BCUT2D eigenvalue weighted by Gasteiger charge is -2.21. The summed E-state index contributed by atoms with van der Waals surface area (Å²) in [5.74, 6) is -0.128. The highest BCUT2D eigenvalue weighted by molar-refractivity contribution is 5.86. The highest BCUT2D eigenvalue weighted by Gasteiger charge is 2.14. The van der Waals surface area contributed by atoms with Crippen LogP contribution in [0.15, 0.2) is 36.4 Å². The number of benzene rings is 2. The van der Waals surface area contributed by atoms with Gasteiger partial charge in [0.15, 0.2) is 0 Å². The summed E-state index contributed by atoms with van der Waals surface area (Å²) in [5, 5.41) is 5.41. The van der Waals surface area contributed by atoms with Crippen molar-refractivity contribution in [2.24, 2.45) is 0 Å². The molecule has 0 radical (unpaired) electrons. The molecule has 2 rings (SSSR count). The van der Waals surface area contributed by atoms with Crippen LogP contribution in [0.3, 0.4) is 0 Å². The molecule has 0 bridgehead atoms. The molecule has 0 saturated carbocycles. The van der Waals surface area contributed by atoms with Crippen molar-refractivity contribution in [2.75, 3.05) is 6.54 Å². The Kier molecular flexibility index (Phi) is 6.19. The van der Waals surface area contributed by atoms with Gasteiger partial charge in [0.25, 0.3) is 0 Å². The predicted molar refractivity (Wildman–Crippen MR) is 89.1 cm³/mol. The monoisotopic (exact) mass is 287 g/mol.